The Morgan fingerprint density at radius 3 is 2.96 bits per heavy atom. The maximum atomic E-state index is 12.4. The highest BCUT2D eigenvalue weighted by atomic mass is 32.1. The normalized spacial score (nSPS) is 10.5. The van der Waals surface area contributed by atoms with Crippen LogP contribution in [0.4, 0.5) is 10.9 Å². The standard InChI is InChI=1S/C15H15N5O2S2/c1-22-11-5-2-4-10(8-11)12(21)9-19-15(23)20(14(16)18-19)17-13-6-3-7-24-13/h2-8,17H,9H2,1H3,(H2,16,18). The number of carbonyl (C=O) groups is 1. The van der Waals surface area contributed by atoms with Crippen molar-refractivity contribution >= 4 is 40.3 Å². The summed E-state index contributed by atoms with van der Waals surface area (Å²) in [6, 6.07) is 10.7. The first-order chi connectivity index (χ1) is 11.6. The number of anilines is 2. The Bertz CT molecular complexity index is 914. The third-order valence-electron chi connectivity index (χ3n) is 3.29. The molecule has 0 spiro atoms. The Morgan fingerprint density at radius 2 is 2.25 bits per heavy atom. The van der Waals surface area contributed by atoms with Crippen LogP contribution in [-0.2, 0) is 6.54 Å². The molecule has 0 radical (unpaired) electrons. The summed E-state index contributed by atoms with van der Waals surface area (Å²) in [7, 11) is 1.55. The molecule has 0 aliphatic carbocycles. The summed E-state index contributed by atoms with van der Waals surface area (Å²) in [5.41, 5.74) is 9.48. The molecule has 7 nitrogen and oxygen atoms in total. The third-order valence-corrected chi connectivity index (χ3v) is 4.46. The minimum atomic E-state index is -0.134. The number of carbonyl (C=O) groups excluding carboxylic acids is 1. The van der Waals surface area contributed by atoms with Crippen LogP contribution in [0.25, 0.3) is 0 Å². The van der Waals surface area contributed by atoms with Crippen LogP contribution in [0.2, 0.25) is 0 Å². The van der Waals surface area contributed by atoms with Crippen molar-refractivity contribution < 1.29 is 9.53 Å². The number of nitrogens with zero attached hydrogens (tertiary/aromatic N) is 3. The molecule has 2 aromatic heterocycles. The molecule has 0 atom stereocenters. The van der Waals surface area contributed by atoms with Crippen LogP contribution in [0.15, 0.2) is 41.8 Å². The summed E-state index contributed by atoms with van der Waals surface area (Å²) in [5.74, 6) is 0.673. The second-order valence-corrected chi connectivity index (χ2v) is 6.19. The van der Waals surface area contributed by atoms with Crippen molar-refractivity contribution in [2.75, 3.05) is 18.3 Å². The lowest BCUT2D eigenvalue weighted by Crippen LogP contribution is -2.14. The van der Waals surface area contributed by atoms with E-state index in [0.29, 0.717) is 16.1 Å². The Labute approximate surface area is 147 Å². The van der Waals surface area contributed by atoms with Crippen molar-refractivity contribution in [2.24, 2.45) is 0 Å². The highest BCUT2D eigenvalue weighted by Gasteiger charge is 2.13. The van der Waals surface area contributed by atoms with Gasteiger partial charge in [0.1, 0.15) is 17.3 Å². The zero-order valence-corrected chi connectivity index (χ0v) is 14.4. The van der Waals surface area contributed by atoms with Gasteiger partial charge in [0.2, 0.25) is 10.7 Å². The van der Waals surface area contributed by atoms with Gasteiger partial charge in [-0.05, 0) is 41.9 Å². The quantitative estimate of drug-likeness (QED) is 0.519. The molecule has 0 amide bonds. The van der Waals surface area contributed by atoms with E-state index in [2.05, 4.69) is 10.5 Å². The molecule has 0 aliphatic rings. The van der Waals surface area contributed by atoms with Gasteiger partial charge in [-0.15, -0.1) is 16.4 Å². The minimum Gasteiger partial charge on any atom is -0.497 e. The van der Waals surface area contributed by atoms with Gasteiger partial charge in [0.15, 0.2) is 5.78 Å². The van der Waals surface area contributed by atoms with Crippen LogP contribution in [0.3, 0.4) is 0 Å². The Kier molecular flexibility index (Phi) is 4.63. The first-order valence-electron chi connectivity index (χ1n) is 7.01. The van der Waals surface area contributed by atoms with Gasteiger partial charge in [-0.3, -0.25) is 10.2 Å². The predicted octanol–water partition coefficient (Wildman–Crippen LogP) is 2.82. The first-order valence-corrected chi connectivity index (χ1v) is 8.30. The van der Waals surface area contributed by atoms with Gasteiger partial charge in [0.25, 0.3) is 0 Å². The van der Waals surface area contributed by atoms with E-state index < -0.39 is 0 Å². The predicted molar refractivity (Wildman–Crippen MR) is 96.1 cm³/mol. The highest BCUT2D eigenvalue weighted by molar-refractivity contribution is 7.71. The molecule has 0 unspecified atom stereocenters. The molecule has 3 aromatic rings. The van der Waals surface area contributed by atoms with Crippen LogP contribution in [0.1, 0.15) is 10.4 Å². The zero-order valence-electron chi connectivity index (χ0n) is 12.8. The van der Waals surface area contributed by atoms with E-state index in [9.17, 15) is 4.79 Å². The van der Waals surface area contributed by atoms with Crippen LogP contribution >= 0.6 is 23.6 Å². The lowest BCUT2D eigenvalue weighted by Gasteiger charge is -2.05. The van der Waals surface area contributed by atoms with Gasteiger partial charge in [-0.25, -0.2) is 4.68 Å². The summed E-state index contributed by atoms with van der Waals surface area (Å²) >= 11 is 6.86. The van der Waals surface area contributed by atoms with Gasteiger partial charge in [-0.2, -0.15) is 4.68 Å². The van der Waals surface area contributed by atoms with Crippen molar-refractivity contribution in [3.05, 3.63) is 52.1 Å². The van der Waals surface area contributed by atoms with Crippen LogP contribution in [0, 0.1) is 4.77 Å². The van der Waals surface area contributed by atoms with Crippen LogP contribution in [0.5, 0.6) is 5.75 Å². The number of ketones is 1. The monoisotopic (exact) mass is 361 g/mol. The van der Waals surface area contributed by atoms with E-state index in [1.54, 1.807) is 31.4 Å². The fourth-order valence-corrected chi connectivity index (χ4v) is 2.96. The van der Waals surface area contributed by atoms with E-state index in [1.165, 1.54) is 20.7 Å². The summed E-state index contributed by atoms with van der Waals surface area (Å²) < 4.78 is 8.32. The van der Waals surface area contributed by atoms with Crippen molar-refractivity contribution in [2.45, 2.75) is 6.54 Å². The second-order valence-electron chi connectivity index (χ2n) is 4.88. The maximum absolute atomic E-state index is 12.4. The van der Waals surface area contributed by atoms with Gasteiger partial charge in [0, 0.05) is 5.56 Å². The van der Waals surface area contributed by atoms with E-state index in [0.717, 1.165) is 5.00 Å². The van der Waals surface area contributed by atoms with Gasteiger partial charge in [-0.1, -0.05) is 12.1 Å². The molecule has 24 heavy (non-hydrogen) atoms. The average molecular weight is 361 g/mol. The van der Waals surface area contributed by atoms with Crippen molar-refractivity contribution in [3.63, 3.8) is 0 Å². The van der Waals surface area contributed by atoms with Gasteiger partial charge < -0.3 is 10.5 Å². The van der Waals surface area contributed by atoms with E-state index in [-0.39, 0.29) is 18.3 Å². The van der Waals surface area contributed by atoms with Crippen molar-refractivity contribution in [1.82, 2.24) is 14.5 Å². The molecule has 0 saturated carbocycles. The average Bonchev–Trinajstić information content (AvgIpc) is 3.19. The SMILES string of the molecule is COc1cccc(C(=O)Cn2nc(N)n(Nc3cccs3)c2=S)c1. The van der Waals surface area contributed by atoms with Gasteiger partial charge in [0.05, 0.1) is 7.11 Å². The Morgan fingerprint density at radius 1 is 1.42 bits per heavy atom. The second kappa shape index (κ2) is 6.85. The lowest BCUT2D eigenvalue weighted by atomic mass is 10.1. The highest BCUT2D eigenvalue weighted by Crippen LogP contribution is 2.17. The fraction of sp³-hybridized carbons (Fsp3) is 0.133. The summed E-state index contributed by atoms with van der Waals surface area (Å²) in [4.78, 5) is 12.4. The zero-order chi connectivity index (χ0) is 17.1. The number of aromatic nitrogens is 3. The number of Topliss-reactive ketones (excluding diaryl/α,β-unsaturated/α-hetero) is 1. The number of methoxy groups -OCH3 is 1. The molecule has 3 rings (SSSR count). The number of hydrogen-bond donors (Lipinski definition) is 2. The number of ether oxygens (including phenoxy) is 1. The number of nitrogen functional groups attached to an aromatic ring is 1. The topological polar surface area (TPSA) is 87.1 Å². The smallest absolute Gasteiger partial charge is 0.240 e. The number of nitrogens with two attached hydrogens (primary N) is 1. The summed E-state index contributed by atoms with van der Waals surface area (Å²) in [6.07, 6.45) is 0. The van der Waals surface area contributed by atoms with Crippen LogP contribution < -0.4 is 15.9 Å². The van der Waals surface area contributed by atoms with Crippen LogP contribution in [-0.4, -0.2) is 27.3 Å². The van der Waals surface area contributed by atoms with Gasteiger partial charge >= 0.3 is 0 Å². The molecular weight excluding hydrogens is 346 g/mol. The molecule has 0 bridgehead atoms. The summed E-state index contributed by atoms with van der Waals surface area (Å²) in [6.45, 7) is -0.00464. The summed E-state index contributed by atoms with van der Waals surface area (Å²) in [5, 5.41) is 6.94. The number of nitrogens with one attached hydrogen (secondary N) is 1. The largest absolute Gasteiger partial charge is 0.497 e. The molecule has 2 heterocycles. The van der Waals surface area contributed by atoms with E-state index in [1.807, 2.05) is 17.5 Å². The molecule has 3 N–H and O–H groups in total. The van der Waals surface area contributed by atoms with Crippen molar-refractivity contribution in [3.8, 4) is 5.75 Å². The fourth-order valence-electron chi connectivity index (χ4n) is 2.11. The first kappa shape index (κ1) is 16.2. The van der Waals surface area contributed by atoms with E-state index >= 15 is 0 Å². The molecular formula is C15H15N5O2S2. The molecule has 1 aromatic carbocycles. The number of hydrogen-bond acceptors (Lipinski definition) is 7. The lowest BCUT2D eigenvalue weighted by molar-refractivity contribution is 0.0966. The molecule has 0 aliphatic heterocycles. The molecule has 124 valence electrons. The Balaban J connectivity index is 1.82. The molecule has 9 heteroatoms. The number of thiophene rings is 1. The maximum Gasteiger partial charge on any atom is 0.240 e. The van der Waals surface area contributed by atoms with E-state index in [4.69, 9.17) is 22.7 Å². The Hall–Kier alpha value is -2.65. The molecule has 0 saturated heterocycles. The third kappa shape index (κ3) is 3.31. The number of benzene rings is 1. The van der Waals surface area contributed by atoms with Crippen molar-refractivity contribution in [1.29, 1.82) is 0 Å². The molecule has 0 fully saturated rings. The number of rotatable bonds is 6. The minimum absolute atomic E-state index is 0.00464.